The molecule has 6 heteroatoms. The van der Waals surface area contributed by atoms with Gasteiger partial charge in [-0.25, -0.2) is 4.79 Å². The number of esters is 1. The number of para-hydroxylation sites is 1. The molecule has 0 N–H and O–H groups in total. The van der Waals surface area contributed by atoms with Crippen molar-refractivity contribution in [3.63, 3.8) is 0 Å². The van der Waals surface area contributed by atoms with E-state index in [1.54, 1.807) is 36.1 Å². The quantitative estimate of drug-likeness (QED) is 0.515. The van der Waals surface area contributed by atoms with Crippen LogP contribution in [0.4, 0.5) is 5.69 Å². The van der Waals surface area contributed by atoms with Crippen molar-refractivity contribution in [2.24, 2.45) is 0 Å². The number of hydrogen-bond acceptors (Lipinski definition) is 5. The molecule has 1 saturated heterocycles. The van der Waals surface area contributed by atoms with Crippen molar-refractivity contribution in [1.29, 1.82) is 0 Å². The number of rotatable bonds is 7. The molecule has 0 spiro atoms. The highest BCUT2D eigenvalue weighted by Gasteiger charge is 2.49. The van der Waals surface area contributed by atoms with E-state index in [2.05, 4.69) is 0 Å². The molecule has 1 aliphatic rings. The third-order valence-corrected chi connectivity index (χ3v) is 5.39. The number of Topliss-reactive ketones (excluding diaryl/α,β-unsaturated/α-hetero) is 1. The van der Waals surface area contributed by atoms with E-state index in [0.29, 0.717) is 5.69 Å². The van der Waals surface area contributed by atoms with Crippen molar-refractivity contribution in [3.05, 3.63) is 66.1 Å². The predicted octanol–water partition coefficient (Wildman–Crippen LogP) is 3.32. The summed E-state index contributed by atoms with van der Waals surface area (Å²) in [5.74, 6) is -1.37. The molecular weight excluding hydrogens is 380 g/mol. The van der Waals surface area contributed by atoms with Gasteiger partial charge in [0.05, 0.1) is 20.5 Å². The monoisotopic (exact) mass is 413 g/mol. The Balaban J connectivity index is 1.87. The molecule has 0 aromatic heterocycles. The molecule has 1 fully saturated rings. The average Bonchev–Trinajstić information content (AvgIpc) is 2.87. The summed E-state index contributed by atoms with van der Waals surface area (Å²) in [6, 6.07) is 6.14. The predicted molar refractivity (Wildman–Crippen MR) is 115 cm³/mol. The van der Waals surface area contributed by atoms with Crippen molar-refractivity contribution < 1.29 is 26.0 Å². The number of likely N-dealkylation sites (tertiary alicyclic amines) is 1. The third-order valence-electron chi connectivity index (χ3n) is 5.39. The summed E-state index contributed by atoms with van der Waals surface area (Å²) in [5, 5.41) is 0. The fourth-order valence-electron chi connectivity index (χ4n) is 3.83. The molecule has 1 heterocycles. The third kappa shape index (κ3) is 4.44. The summed E-state index contributed by atoms with van der Waals surface area (Å²) >= 11 is 0. The summed E-state index contributed by atoms with van der Waals surface area (Å²) < 4.78 is 44.5. The van der Waals surface area contributed by atoms with Gasteiger partial charge in [-0.2, -0.15) is 0 Å². The Kier molecular flexibility index (Phi) is 5.09. The Labute approximate surface area is 184 Å². The topological polar surface area (TPSA) is 66.9 Å². The molecule has 158 valence electrons. The van der Waals surface area contributed by atoms with E-state index in [1.165, 1.54) is 12.0 Å². The smallest absolute Gasteiger partial charge is 0.332 e. The average molecular weight is 414 g/mol. The number of carbonyl (C=O) groups excluding carboxylic acids is 3. The summed E-state index contributed by atoms with van der Waals surface area (Å²) in [7, 11) is 1.28. The second kappa shape index (κ2) is 9.67. The molecule has 1 aliphatic heterocycles. The zero-order valence-electron chi connectivity index (χ0n) is 22.2. The zero-order valence-corrected chi connectivity index (χ0v) is 17.2. The first-order valence-corrected chi connectivity index (χ1v) is 9.88. The summed E-state index contributed by atoms with van der Waals surface area (Å²) in [4.78, 5) is 42.3. The van der Waals surface area contributed by atoms with Gasteiger partial charge in [-0.05, 0) is 25.0 Å². The number of benzene rings is 2. The fraction of sp³-hybridized carbons (Fsp3) is 0.375. The highest BCUT2D eigenvalue weighted by molar-refractivity contribution is 6.02. The van der Waals surface area contributed by atoms with Crippen LogP contribution in [-0.2, 0) is 14.3 Å². The van der Waals surface area contributed by atoms with Gasteiger partial charge in [0, 0.05) is 30.8 Å². The minimum Gasteiger partial charge on any atom is -0.467 e. The number of carbonyl (C=O) groups is 3. The van der Waals surface area contributed by atoms with Gasteiger partial charge in [-0.1, -0.05) is 55.3 Å². The number of amides is 1. The molecule has 0 atom stereocenters. The van der Waals surface area contributed by atoms with Crippen molar-refractivity contribution >= 4 is 23.3 Å². The van der Waals surface area contributed by atoms with Gasteiger partial charge in [0.1, 0.15) is 5.54 Å². The fourth-order valence-corrected chi connectivity index (χ4v) is 3.83. The number of methoxy groups -OCH3 is 1. The van der Waals surface area contributed by atoms with E-state index >= 15 is 0 Å². The van der Waals surface area contributed by atoms with Gasteiger partial charge in [0.2, 0.25) is 5.91 Å². The van der Waals surface area contributed by atoms with Crippen LogP contribution in [0.15, 0.2) is 60.5 Å². The summed E-state index contributed by atoms with van der Waals surface area (Å²) in [6.45, 7) is 2.06. The summed E-state index contributed by atoms with van der Waals surface area (Å²) in [6.07, 6.45) is 0.591. The Morgan fingerprint density at radius 1 is 1.10 bits per heavy atom. The number of piperidine rings is 1. The maximum Gasteiger partial charge on any atom is 0.332 e. The van der Waals surface area contributed by atoms with Gasteiger partial charge >= 0.3 is 5.97 Å². The molecule has 3 rings (SSSR count). The summed E-state index contributed by atoms with van der Waals surface area (Å²) in [5.41, 5.74) is -1.03. The van der Waals surface area contributed by atoms with Gasteiger partial charge < -0.3 is 4.74 Å². The van der Waals surface area contributed by atoms with Crippen LogP contribution in [0.2, 0.25) is 0 Å². The van der Waals surface area contributed by atoms with Gasteiger partial charge in [0.25, 0.3) is 0 Å². The molecule has 0 aliphatic carbocycles. The molecule has 2 aromatic carbocycles. The first-order valence-electron chi connectivity index (χ1n) is 12.4. The van der Waals surface area contributed by atoms with Crippen LogP contribution in [0.1, 0.15) is 43.4 Å². The largest absolute Gasteiger partial charge is 0.467 e. The van der Waals surface area contributed by atoms with Crippen LogP contribution >= 0.6 is 0 Å². The Hall–Kier alpha value is -2.99. The van der Waals surface area contributed by atoms with E-state index in [4.69, 9.17) is 11.6 Å². The zero-order chi connectivity index (χ0) is 25.9. The van der Waals surface area contributed by atoms with Crippen LogP contribution in [0.25, 0.3) is 0 Å². The van der Waals surface area contributed by atoms with Crippen LogP contribution in [0.3, 0.4) is 0 Å². The Morgan fingerprint density at radius 3 is 2.30 bits per heavy atom. The van der Waals surface area contributed by atoms with Crippen molar-refractivity contribution in [2.45, 2.75) is 31.7 Å². The van der Waals surface area contributed by atoms with Crippen LogP contribution in [0, 0.1) is 0 Å². The second-order valence-electron chi connectivity index (χ2n) is 7.14. The molecule has 1 amide bonds. The lowest BCUT2D eigenvalue weighted by molar-refractivity contribution is -0.150. The second-order valence-corrected chi connectivity index (χ2v) is 7.14. The standard InChI is InChI=1S/C24H28N2O4/c1-3-22(28)26(20-12-8-5-9-13-20)24(23(29)30-2)14-16-25(17-15-24)18-21(27)19-10-6-4-7-11-19/h4-13H,3,14-18H2,1-2H3/i4D,6D,7D,10D,11D. The van der Waals surface area contributed by atoms with E-state index in [-0.39, 0.29) is 50.4 Å². The van der Waals surface area contributed by atoms with Crippen molar-refractivity contribution in [3.8, 4) is 0 Å². The van der Waals surface area contributed by atoms with E-state index in [9.17, 15) is 14.4 Å². The van der Waals surface area contributed by atoms with Crippen molar-refractivity contribution in [2.75, 3.05) is 31.6 Å². The minimum absolute atomic E-state index is 0.182. The van der Waals surface area contributed by atoms with Gasteiger partial charge in [-0.3, -0.25) is 19.4 Å². The van der Waals surface area contributed by atoms with E-state index < -0.39 is 47.5 Å². The molecule has 30 heavy (non-hydrogen) atoms. The van der Waals surface area contributed by atoms with Crippen LogP contribution in [0.5, 0.6) is 0 Å². The minimum atomic E-state index is -1.25. The molecule has 0 bridgehead atoms. The Morgan fingerprint density at radius 2 is 1.73 bits per heavy atom. The molecule has 2 aromatic rings. The van der Waals surface area contributed by atoms with Crippen molar-refractivity contribution in [1.82, 2.24) is 4.90 Å². The number of nitrogens with zero attached hydrogens (tertiary/aromatic N) is 2. The SMILES string of the molecule is [2H]c1c([2H])c([2H])c(C(=O)CN2CCC(C(=O)OC)(N(C(=O)CC)c3ccccc3)CC2)c([2H])c1[2H]. The highest BCUT2D eigenvalue weighted by Crippen LogP contribution is 2.35. The number of hydrogen-bond donors (Lipinski definition) is 0. The molecular formula is C24H28N2O4. The Bertz CT molecular complexity index is 1110. The van der Waals surface area contributed by atoms with E-state index in [0.717, 1.165) is 0 Å². The molecule has 0 unspecified atom stereocenters. The van der Waals surface area contributed by atoms with E-state index in [1.807, 2.05) is 6.07 Å². The lowest BCUT2D eigenvalue weighted by atomic mass is 9.84. The number of anilines is 1. The maximum atomic E-state index is 13.1. The first-order chi connectivity index (χ1) is 16.6. The number of ether oxygens (including phenoxy) is 1. The van der Waals surface area contributed by atoms with Gasteiger partial charge in [0.15, 0.2) is 5.78 Å². The lowest BCUT2D eigenvalue weighted by Crippen LogP contribution is -2.63. The van der Waals surface area contributed by atoms with Crippen LogP contribution < -0.4 is 4.90 Å². The highest BCUT2D eigenvalue weighted by atomic mass is 16.5. The van der Waals surface area contributed by atoms with Gasteiger partial charge in [-0.15, -0.1) is 0 Å². The lowest BCUT2D eigenvalue weighted by Gasteiger charge is -2.46. The molecule has 0 radical (unpaired) electrons. The van der Waals surface area contributed by atoms with Crippen LogP contribution in [-0.4, -0.2) is 54.8 Å². The number of ketones is 1. The molecule has 6 nitrogen and oxygen atoms in total. The first kappa shape index (κ1) is 15.8. The maximum absolute atomic E-state index is 13.1. The normalized spacial score (nSPS) is 18.3. The molecule has 0 saturated carbocycles.